The number of hydrogen-bond acceptors (Lipinski definition) is 4. The van der Waals surface area contributed by atoms with Crippen molar-refractivity contribution in [3.8, 4) is 0 Å². The van der Waals surface area contributed by atoms with Crippen molar-refractivity contribution in [2.45, 2.75) is 19.4 Å². The molecule has 1 aliphatic rings. The van der Waals surface area contributed by atoms with Gasteiger partial charge in [0.15, 0.2) is 5.15 Å². The molecule has 1 fully saturated rings. The van der Waals surface area contributed by atoms with Crippen LogP contribution in [-0.2, 0) is 6.54 Å². The van der Waals surface area contributed by atoms with Gasteiger partial charge in [-0.05, 0) is 50.5 Å². The normalized spacial score (nSPS) is 20.9. The minimum atomic E-state index is 0.445. The summed E-state index contributed by atoms with van der Waals surface area (Å²) in [5.41, 5.74) is 0.938. The monoisotopic (exact) mass is 240 g/mol. The molecule has 5 heteroatoms. The summed E-state index contributed by atoms with van der Waals surface area (Å²) in [5, 5.41) is 15.1. The fraction of sp³-hybridized carbons (Fsp3) is 0.636. The molecule has 88 valence electrons. The van der Waals surface area contributed by atoms with Crippen LogP contribution < -0.4 is 10.6 Å². The smallest absolute Gasteiger partial charge is 0.151 e. The third kappa shape index (κ3) is 3.70. The Morgan fingerprint density at radius 2 is 2.38 bits per heavy atom. The largest absolute Gasteiger partial charge is 0.316 e. The van der Waals surface area contributed by atoms with E-state index < -0.39 is 0 Å². The maximum absolute atomic E-state index is 5.67. The fourth-order valence-electron chi connectivity index (χ4n) is 1.94. The molecule has 1 aromatic rings. The molecule has 4 nitrogen and oxygen atoms in total. The van der Waals surface area contributed by atoms with Gasteiger partial charge in [-0.25, -0.2) is 0 Å². The number of nitrogens with zero attached hydrogens (tertiary/aromatic N) is 2. The Hall–Kier alpha value is -0.710. The molecule has 0 radical (unpaired) electrons. The van der Waals surface area contributed by atoms with Crippen LogP contribution >= 0.6 is 11.6 Å². The van der Waals surface area contributed by atoms with Crippen molar-refractivity contribution in [2.75, 3.05) is 19.6 Å². The first-order chi connectivity index (χ1) is 7.84. The number of aromatic nitrogens is 2. The Balaban J connectivity index is 1.69. The molecular weight excluding hydrogens is 224 g/mol. The fourth-order valence-corrected chi connectivity index (χ4v) is 2.04. The second-order valence-electron chi connectivity index (χ2n) is 4.19. The van der Waals surface area contributed by atoms with E-state index in [9.17, 15) is 0 Å². The number of rotatable bonds is 4. The molecule has 0 amide bonds. The molecule has 0 aromatic carbocycles. The van der Waals surface area contributed by atoms with Gasteiger partial charge in [0.2, 0.25) is 0 Å². The highest BCUT2D eigenvalue weighted by Crippen LogP contribution is 2.08. The number of hydrogen-bond donors (Lipinski definition) is 2. The average molecular weight is 241 g/mol. The second kappa shape index (κ2) is 6.13. The minimum Gasteiger partial charge on any atom is -0.316 e. The molecule has 1 aliphatic heterocycles. The molecule has 1 atom stereocenters. The Kier molecular flexibility index (Phi) is 4.51. The average Bonchev–Trinajstić information content (AvgIpc) is 2.33. The van der Waals surface area contributed by atoms with Crippen LogP contribution in [0.2, 0.25) is 5.15 Å². The molecule has 16 heavy (non-hydrogen) atoms. The zero-order chi connectivity index (χ0) is 11.2. The van der Waals surface area contributed by atoms with E-state index in [0.717, 1.165) is 31.2 Å². The lowest BCUT2D eigenvalue weighted by molar-refractivity contribution is 0.359. The van der Waals surface area contributed by atoms with Gasteiger partial charge in [-0.15, -0.1) is 5.10 Å². The van der Waals surface area contributed by atoms with Crippen LogP contribution in [0.25, 0.3) is 0 Å². The molecule has 1 unspecified atom stereocenters. The van der Waals surface area contributed by atoms with Gasteiger partial charge in [-0.2, -0.15) is 5.10 Å². The van der Waals surface area contributed by atoms with Gasteiger partial charge in [0.1, 0.15) is 0 Å². The summed E-state index contributed by atoms with van der Waals surface area (Å²) in [6.07, 6.45) is 2.60. The predicted molar refractivity (Wildman–Crippen MR) is 64.3 cm³/mol. The Bertz CT molecular complexity index is 308. The topological polar surface area (TPSA) is 49.8 Å². The van der Waals surface area contributed by atoms with Gasteiger partial charge in [0.25, 0.3) is 0 Å². The zero-order valence-corrected chi connectivity index (χ0v) is 10.0. The predicted octanol–water partition coefficient (Wildman–Crippen LogP) is 1.22. The van der Waals surface area contributed by atoms with Crippen LogP contribution in [0.4, 0.5) is 0 Å². The molecule has 1 aromatic heterocycles. The number of piperidine rings is 1. The second-order valence-corrected chi connectivity index (χ2v) is 4.58. The van der Waals surface area contributed by atoms with Gasteiger partial charge >= 0.3 is 0 Å². The first kappa shape index (κ1) is 11.8. The van der Waals surface area contributed by atoms with E-state index in [1.807, 2.05) is 6.07 Å². The first-order valence-electron chi connectivity index (χ1n) is 5.74. The number of nitrogens with one attached hydrogen (secondary N) is 2. The van der Waals surface area contributed by atoms with E-state index in [1.54, 1.807) is 6.07 Å². The zero-order valence-electron chi connectivity index (χ0n) is 9.25. The van der Waals surface area contributed by atoms with E-state index in [0.29, 0.717) is 5.15 Å². The van der Waals surface area contributed by atoms with Crippen LogP contribution in [0.15, 0.2) is 12.1 Å². The van der Waals surface area contributed by atoms with Crippen LogP contribution in [0.3, 0.4) is 0 Å². The number of halogens is 1. The lowest BCUT2D eigenvalue weighted by Gasteiger charge is -2.22. The maximum Gasteiger partial charge on any atom is 0.151 e. The summed E-state index contributed by atoms with van der Waals surface area (Å²) in [5.74, 6) is 0.744. The van der Waals surface area contributed by atoms with Crippen LogP contribution in [-0.4, -0.2) is 29.8 Å². The third-order valence-electron chi connectivity index (χ3n) is 2.83. The highest BCUT2D eigenvalue weighted by molar-refractivity contribution is 6.29. The van der Waals surface area contributed by atoms with Crippen molar-refractivity contribution in [1.82, 2.24) is 20.8 Å². The molecule has 1 saturated heterocycles. The van der Waals surface area contributed by atoms with Gasteiger partial charge in [0.05, 0.1) is 5.69 Å². The summed E-state index contributed by atoms with van der Waals surface area (Å²) in [7, 11) is 0. The van der Waals surface area contributed by atoms with E-state index in [4.69, 9.17) is 11.6 Å². The van der Waals surface area contributed by atoms with Gasteiger partial charge in [-0.1, -0.05) is 11.6 Å². The van der Waals surface area contributed by atoms with E-state index >= 15 is 0 Å². The molecule has 2 heterocycles. The molecule has 0 aliphatic carbocycles. The Morgan fingerprint density at radius 1 is 1.44 bits per heavy atom. The third-order valence-corrected chi connectivity index (χ3v) is 3.03. The molecule has 0 spiro atoms. The van der Waals surface area contributed by atoms with Crippen LogP contribution in [0, 0.1) is 5.92 Å². The maximum atomic E-state index is 5.67. The van der Waals surface area contributed by atoms with Crippen molar-refractivity contribution in [2.24, 2.45) is 5.92 Å². The van der Waals surface area contributed by atoms with Crippen molar-refractivity contribution in [3.05, 3.63) is 23.0 Å². The molecule has 0 bridgehead atoms. The molecule has 2 N–H and O–H groups in total. The highest BCUT2D eigenvalue weighted by Gasteiger charge is 2.11. The summed E-state index contributed by atoms with van der Waals surface area (Å²) < 4.78 is 0. The van der Waals surface area contributed by atoms with Crippen molar-refractivity contribution in [3.63, 3.8) is 0 Å². The van der Waals surface area contributed by atoms with Crippen LogP contribution in [0.1, 0.15) is 18.5 Å². The summed E-state index contributed by atoms with van der Waals surface area (Å²) in [4.78, 5) is 0. The van der Waals surface area contributed by atoms with Crippen molar-refractivity contribution in [1.29, 1.82) is 0 Å². The highest BCUT2D eigenvalue weighted by atomic mass is 35.5. The quantitative estimate of drug-likeness (QED) is 0.831. The van der Waals surface area contributed by atoms with Crippen LogP contribution in [0.5, 0.6) is 0 Å². The first-order valence-corrected chi connectivity index (χ1v) is 6.12. The molecule has 2 rings (SSSR count). The lowest BCUT2D eigenvalue weighted by atomic mass is 10.00. The molecule has 0 saturated carbocycles. The Morgan fingerprint density at radius 3 is 3.06 bits per heavy atom. The summed E-state index contributed by atoms with van der Waals surface area (Å²) >= 11 is 5.67. The minimum absolute atomic E-state index is 0.445. The van der Waals surface area contributed by atoms with Gasteiger partial charge in [0, 0.05) is 6.54 Å². The van der Waals surface area contributed by atoms with Crippen molar-refractivity contribution >= 4 is 11.6 Å². The SMILES string of the molecule is Clc1ccc(CNCC2CCCNC2)nn1. The summed E-state index contributed by atoms with van der Waals surface area (Å²) in [6, 6.07) is 3.68. The standard InChI is InChI=1S/C11H17ClN4/c12-11-4-3-10(15-16-11)8-14-7-9-2-1-5-13-6-9/h3-4,9,13-14H,1-2,5-8H2. The van der Waals surface area contributed by atoms with Gasteiger partial charge in [-0.3, -0.25) is 0 Å². The van der Waals surface area contributed by atoms with Crippen molar-refractivity contribution < 1.29 is 0 Å². The van der Waals surface area contributed by atoms with E-state index in [-0.39, 0.29) is 0 Å². The summed E-state index contributed by atoms with van der Waals surface area (Å²) in [6.45, 7) is 4.09. The molecular formula is C11H17ClN4. The van der Waals surface area contributed by atoms with E-state index in [2.05, 4.69) is 20.8 Å². The lowest BCUT2D eigenvalue weighted by Crippen LogP contribution is -2.35. The Labute approximate surface area is 101 Å². The van der Waals surface area contributed by atoms with E-state index in [1.165, 1.54) is 19.4 Å². The van der Waals surface area contributed by atoms with Gasteiger partial charge < -0.3 is 10.6 Å².